The SMILES string of the molecule is CO[C@H]1CCN(c2ccc(-n3c(-c4ccc(C#N)c(F)c4)nc4c(N5CC6(CNC6)C5)ccnc43)c(F)c2)C1. The molecule has 3 aliphatic heterocycles. The summed E-state index contributed by atoms with van der Waals surface area (Å²) in [6, 6.07) is 13.3. The largest absolute Gasteiger partial charge is 0.380 e. The van der Waals surface area contributed by atoms with E-state index in [-0.39, 0.29) is 17.4 Å². The first-order chi connectivity index (χ1) is 19.0. The van der Waals surface area contributed by atoms with Crippen LogP contribution in [0.4, 0.5) is 20.2 Å². The predicted molar refractivity (Wildman–Crippen MR) is 144 cm³/mol. The Hall–Kier alpha value is -4.07. The van der Waals surface area contributed by atoms with Crippen molar-refractivity contribution >= 4 is 22.5 Å². The Balaban J connectivity index is 1.36. The van der Waals surface area contributed by atoms with Crippen LogP contribution in [0.3, 0.4) is 0 Å². The Morgan fingerprint density at radius 2 is 1.90 bits per heavy atom. The van der Waals surface area contributed by atoms with Gasteiger partial charge in [0.1, 0.15) is 29.0 Å². The first kappa shape index (κ1) is 24.0. The molecule has 5 heterocycles. The molecule has 0 unspecified atom stereocenters. The summed E-state index contributed by atoms with van der Waals surface area (Å²) < 4.78 is 37.7. The molecule has 1 spiro atoms. The van der Waals surface area contributed by atoms with Gasteiger partial charge in [-0.15, -0.1) is 0 Å². The maximum Gasteiger partial charge on any atom is 0.167 e. The summed E-state index contributed by atoms with van der Waals surface area (Å²) in [6.07, 6.45) is 2.73. The second kappa shape index (κ2) is 9.00. The van der Waals surface area contributed by atoms with E-state index < -0.39 is 11.6 Å². The molecule has 198 valence electrons. The lowest BCUT2D eigenvalue weighted by atomic mass is 9.74. The molecule has 0 bridgehead atoms. The molecule has 3 aliphatic rings. The molecule has 4 aromatic rings. The number of nitrogens with one attached hydrogen (secondary N) is 1. The normalized spacial score (nSPS) is 19.8. The van der Waals surface area contributed by atoms with Crippen molar-refractivity contribution in [1.29, 1.82) is 5.26 Å². The third-order valence-electron chi connectivity index (χ3n) is 8.28. The maximum atomic E-state index is 15.9. The zero-order chi connectivity index (χ0) is 26.7. The van der Waals surface area contributed by atoms with Gasteiger partial charge in [-0.05, 0) is 48.9 Å². The smallest absolute Gasteiger partial charge is 0.167 e. The third-order valence-corrected chi connectivity index (χ3v) is 8.28. The molecule has 10 heteroatoms. The number of benzene rings is 2. The quantitative estimate of drug-likeness (QED) is 0.422. The number of aromatic nitrogens is 3. The first-order valence-corrected chi connectivity index (χ1v) is 13.1. The van der Waals surface area contributed by atoms with E-state index in [1.165, 1.54) is 18.2 Å². The summed E-state index contributed by atoms with van der Waals surface area (Å²) in [6.45, 7) is 5.32. The number of hydrogen-bond donors (Lipinski definition) is 1. The number of nitrogens with zero attached hydrogens (tertiary/aromatic N) is 6. The molecule has 2 aromatic heterocycles. The van der Waals surface area contributed by atoms with Crippen molar-refractivity contribution in [3.63, 3.8) is 0 Å². The molecule has 39 heavy (non-hydrogen) atoms. The lowest BCUT2D eigenvalue weighted by Crippen LogP contribution is -2.71. The van der Waals surface area contributed by atoms with E-state index in [4.69, 9.17) is 9.72 Å². The van der Waals surface area contributed by atoms with Gasteiger partial charge in [0.15, 0.2) is 5.65 Å². The monoisotopic (exact) mass is 527 g/mol. The molecule has 3 saturated heterocycles. The topological polar surface area (TPSA) is 82.2 Å². The number of nitriles is 1. The van der Waals surface area contributed by atoms with E-state index >= 15 is 4.39 Å². The van der Waals surface area contributed by atoms with Gasteiger partial charge in [0.25, 0.3) is 0 Å². The van der Waals surface area contributed by atoms with E-state index in [1.54, 1.807) is 30.0 Å². The van der Waals surface area contributed by atoms with Gasteiger partial charge < -0.3 is 19.9 Å². The highest BCUT2D eigenvalue weighted by Gasteiger charge is 2.48. The lowest BCUT2D eigenvalue weighted by Gasteiger charge is -2.57. The third kappa shape index (κ3) is 3.84. The van der Waals surface area contributed by atoms with Crippen LogP contribution < -0.4 is 15.1 Å². The number of imidazole rings is 1. The van der Waals surface area contributed by atoms with Crippen molar-refractivity contribution in [2.75, 3.05) is 56.2 Å². The van der Waals surface area contributed by atoms with Gasteiger partial charge in [0.05, 0.1) is 23.0 Å². The highest BCUT2D eigenvalue weighted by molar-refractivity contribution is 5.91. The van der Waals surface area contributed by atoms with Crippen molar-refractivity contribution in [2.45, 2.75) is 12.5 Å². The van der Waals surface area contributed by atoms with Crippen LogP contribution in [0.1, 0.15) is 12.0 Å². The van der Waals surface area contributed by atoms with Crippen LogP contribution in [0.5, 0.6) is 0 Å². The highest BCUT2D eigenvalue weighted by atomic mass is 19.1. The number of pyridine rings is 1. The van der Waals surface area contributed by atoms with Crippen molar-refractivity contribution < 1.29 is 13.5 Å². The number of ether oxygens (including phenoxy) is 1. The Morgan fingerprint density at radius 3 is 2.56 bits per heavy atom. The fourth-order valence-electron chi connectivity index (χ4n) is 6.05. The number of fused-ring (bicyclic) bond motifs is 1. The van der Waals surface area contributed by atoms with Crippen LogP contribution in [-0.4, -0.2) is 67.0 Å². The molecular formula is C29H27F2N7O. The number of hydrogen-bond acceptors (Lipinski definition) is 7. The summed E-state index contributed by atoms with van der Waals surface area (Å²) >= 11 is 0. The molecule has 0 amide bonds. The zero-order valence-corrected chi connectivity index (χ0v) is 21.5. The second-order valence-corrected chi connectivity index (χ2v) is 10.8. The van der Waals surface area contributed by atoms with E-state index in [2.05, 4.69) is 20.1 Å². The fraction of sp³-hybridized carbons (Fsp3) is 0.345. The van der Waals surface area contributed by atoms with Gasteiger partial charge in [-0.25, -0.2) is 18.7 Å². The Kier molecular flexibility index (Phi) is 5.54. The number of methoxy groups -OCH3 is 1. The van der Waals surface area contributed by atoms with Gasteiger partial charge in [-0.1, -0.05) is 0 Å². The molecule has 0 radical (unpaired) electrons. The summed E-state index contributed by atoms with van der Waals surface area (Å²) in [5.41, 5.74) is 3.77. The van der Waals surface area contributed by atoms with Crippen molar-refractivity contribution in [2.24, 2.45) is 5.41 Å². The van der Waals surface area contributed by atoms with Crippen molar-refractivity contribution in [3.05, 3.63) is 65.9 Å². The van der Waals surface area contributed by atoms with Gasteiger partial charge in [-0.2, -0.15) is 5.26 Å². The van der Waals surface area contributed by atoms with Crippen LogP contribution in [0.15, 0.2) is 48.7 Å². The predicted octanol–water partition coefficient (Wildman–Crippen LogP) is 3.87. The van der Waals surface area contributed by atoms with Crippen LogP contribution in [-0.2, 0) is 4.74 Å². The molecule has 0 saturated carbocycles. The van der Waals surface area contributed by atoms with Gasteiger partial charge in [0, 0.05) is 69.2 Å². The van der Waals surface area contributed by atoms with Crippen LogP contribution in [0.25, 0.3) is 28.2 Å². The summed E-state index contributed by atoms with van der Waals surface area (Å²) in [7, 11) is 1.69. The van der Waals surface area contributed by atoms with Crippen molar-refractivity contribution in [3.8, 4) is 23.1 Å². The fourth-order valence-corrected chi connectivity index (χ4v) is 6.05. The summed E-state index contributed by atoms with van der Waals surface area (Å²) in [5.74, 6) is -0.721. The minimum absolute atomic E-state index is 0.0595. The van der Waals surface area contributed by atoms with Crippen LogP contribution in [0, 0.1) is 28.4 Å². The number of halogens is 2. The minimum Gasteiger partial charge on any atom is -0.380 e. The highest BCUT2D eigenvalue weighted by Crippen LogP contribution is 2.41. The second-order valence-electron chi connectivity index (χ2n) is 10.8. The number of anilines is 2. The van der Waals surface area contributed by atoms with Crippen LogP contribution in [0.2, 0.25) is 0 Å². The van der Waals surface area contributed by atoms with E-state index in [9.17, 15) is 9.65 Å². The lowest BCUT2D eigenvalue weighted by molar-refractivity contribution is 0.121. The van der Waals surface area contributed by atoms with Crippen LogP contribution >= 0.6 is 0 Å². The average Bonchev–Trinajstić information content (AvgIpc) is 3.53. The summed E-state index contributed by atoms with van der Waals surface area (Å²) in [4.78, 5) is 13.9. The molecule has 1 atom stereocenters. The Labute approximate surface area is 224 Å². The molecular weight excluding hydrogens is 500 g/mol. The van der Waals surface area contributed by atoms with E-state index in [0.29, 0.717) is 34.5 Å². The summed E-state index contributed by atoms with van der Waals surface area (Å²) in [5, 5.41) is 12.6. The number of rotatable bonds is 5. The van der Waals surface area contributed by atoms with Gasteiger partial charge >= 0.3 is 0 Å². The maximum absolute atomic E-state index is 15.9. The minimum atomic E-state index is -0.651. The van der Waals surface area contributed by atoms with E-state index in [0.717, 1.165) is 50.5 Å². The van der Waals surface area contributed by atoms with Crippen molar-refractivity contribution in [1.82, 2.24) is 19.9 Å². The van der Waals surface area contributed by atoms with Gasteiger partial charge in [-0.3, -0.25) is 4.57 Å². The molecule has 3 fully saturated rings. The molecule has 2 aromatic carbocycles. The molecule has 8 nitrogen and oxygen atoms in total. The standard InChI is InChI=1S/C29H27F2N7O/c1-39-21-7-9-36(13-21)20-4-5-24(23(31)11-20)38-27(18-2-3-19(12-32)22(30)10-18)35-26-25(6-8-34-28(26)38)37-16-29(17-37)14-33-15-29/h2-6,8,10-11,21,33H,7,9,13-17H2,1H3/t21-/m0/s1. The Bertz CT molecular complexity index is 1630. The molecule has 1 N–H and O–H groups in total. The van der Waals surface area contributed by atoms with Gasteiger partial charge in [0.2, 0.25) is 0 Å². The van der Waals surface area contributed by atoms with E-state index in [1.807, 2.05) is 18.2 Å². The molecule has 0 aliphatic carbocycles. The first-order valence-electron chi connectivity index (χ1n) is 13.1. The Morgan fingerprint density at radius 1 is 1.05 bits per heavy atom. The zero-order valence-electron chi connectivity index (χ0n) is 21.5. The average molecular weight is 528 g/mol. The molecule has 7 rings (SSSR count).